The Kier molecular flexibility index (Phi) is 6.73. The lowest BCUT2D eigenvalue weighted by Crippen LogP contribution is -2.33. The van der Waals surface area contributed by atoms with Crippen LogP contribution in [0.25, 0.3) is 0 Å². The van der Waals surface area contributed by atoms with E-state index in [1.165, 1.54) is 0 Å². The molecule has 0 saturated heterocycles. The maximum Gasteiger partial charge on any atom is 0.318 e. The maximum absolute atomic E-state index is 11.6. The normalized spacial score (nSPS) is 9.95. The van der Waals surface area contributed by atoms with E-state index in [4.69, 9.17) is 0 Å². The summed E-state index contributed by atoms with van der Waals surface area (Å²) in [5.41, 5.74) is 0.583. The second kappa shape index (κ2) is 7.26. The summed E-state index contributed by atoms with van der Waals surface area (Å²) in [6, 6.07) is 18.6. The van der Waals surface area contributed by atoms with Crippen molar-refractivity contribution < 1.29 is 9.90 Å². The fraction of sp³-hybridized carbons (Fsp3) is 0.133. The van der Waals surface area contributed by atoms with Crippen molar-refractivity contribution in [3.8, 4) is 0 Å². The summed E-state index contributed by atoms with van der Waals surface area (Å²) in [7, 11) is 0. The number of carboxylic acids is 1. The first-order chi connectivity index (χ1) is 8.15. The summed E-state index contributed by atoms with van der Waals surface area (Å²) in [5, 5.41) is 9.54. The number of hydrogen-bond donors (Lipinski definition) is 1. The molecule has 0 radical (unpaired) electrons. The van der Waals surface area contributed by atoms with Crippen LogP contribution in [0.1, 0.15) is 18.1 Å². The third-order valence-corrected chi connectivity index (χ3v) is 3.13. The molecule has 2 aromatic rings. The minimum Gasteiger partial charge on any atom is -0.480 e. The van der Waals surface area contributed by atoms with Gasteiger partial charge in [0.2, 0.25) is 0 Å². The Morgan fingerprint density at radius 2 is 1.16 bits per heavy atom. The number of carbonyl (C=O) groups is 1. The Morgan fingerprint density at radius 1 is 0.842 bits per heavy atom. The smallest absolute Gasteiger partial charge is 0.318 e. The molecule has 0 amide bonds. The highest BCUT2D eigenvalue weighted by molar-refractivity contribution is 7.59. The van der Waals surface area contributed by atoms with Crippen LogP contribution >= 0.6 is 27.0 Å². The maximum atomic E-state index is 11.6. The van der Waals surface area contributed by atoms with Crippen LogP contribution in [-0.2, 0) is 10.2 Å². The zero-order valence-electron chi connectivity index (χ0n) is 10.6. The van der Waals surface area contributed by atoms with Gasteiger partial charge < -0.3 is 5.11 Å². The minimum atomic E-state index is -0.998. The Bertz CT molecular complexity index is 473. The summed E-state index contributed by atoms with van der Waals surface area (Å²) in [6.07, 6.45) is 0. The lowest BCUT2D eigenvalue weighted by Gasteiger charge is -2.25. The van der Waals surface area contributed by atoms with E-state index in [1.54, 1.807) is 6.92 Å². The number of aliphatic carboxylic acids is 1. The van der Waals surface area contributed by atoms with Crippen LogP contribution in [0.15, 0.2) is 60.7 Å². The van der Waals surface area contributed by atoms with Crippen LogP contribution in [0.3, 0.4) is 0 Å². The minimum absolute atomic E-state index is 0. The molecule has 0 saturated carbocycles. The highest BCUT2D eigenvalue weighted by Gasteiger charge is 2.36. The van der Waals surface area contributed by atoms with Gasteiger partial charge in [0.1, 0.15) is 5.41 Å². The number of hydrogen-bond acceptors (Lipinski definition) is 1. The van der Waals surface area contributed by atoms with Gasteiger partial charge in [-0.15, -0.1) is 0 Å². The van der Waals surface area contributed by atoms with Crippen molar-refractivity contribution in [2.75, 3.05) is 0 Å². The molecule has 2 nitrogen and oxygen atoms in total. The van der Waals surface area contributed by atoms with Crippen molar-refractivity contribution in [1.82, 2.24) is 0 Å². The Morgan fingerprint density at radius 3 is 1.42 bits per heavy atom. The molecule has 0 fully saturated rings. The summed E-state index contributed by atoms with van der Waals surface area (Å²) >= 11 is 0. The van der Waals surface area contributed by atoms with Crippen LogP contribution in [0.4, 0.5) is 0 Å². The van der Waals surface area contributed by atoms with Crippen molar-refractivity contribution >= 4 is 33.0 Å². The molecule has 4 heteroatoms. The lowest BCUT2D eigenvalue weighted by molar-refractivity contribution is -0.141. The Balaban J connectivity index is 0.00000162. The number of benzene rings is 2. The van der Waals surface area contributed by atoms with Gasteiger partial charge >= 0.3 is 5.97 Å². The van der Waals surface area contributed by atoms with Gasteiger partial charge in [-0.3, -0.25) is 4.79 Å². The second-order valence-electron chi connectivity index (χ2n) is 4.16. The zero-order chi connectivity index (χ0) is 12.3. The molecular formula is C15H18O2S2. The zero-order valence-corrected chi connectivity index (χ0v) is 12.6. The average Bonchev–Trinajstić information content (AvgIpc) is 2.39. The molecule has 0 aromatic heterocycles. The first-order valence-corrected chi connectivity index (χ1v) is 5.50. The van der Waals surface area contributed by atoms with Crippen molar-refractivity contribution in [3.63, 3.8) is 0 Å². The molecule has 0 aliphatic heterocycles. The molecule has 0 heterocycles. The van der Waals surface area contributed by atoms with Gasteiger partial charge in [0.25, 0.3) is 0 Å². The van der Waals surface area contributed by atoms with Crippen molar-refractivity contribution in [3.05, 3.63) is 71.8 Å². The average molecular weight is 294 g/mol. The standard InChI is InChI=1S/C15H14O2.2H2S/c1-15(14(16)17,12-8-4-2-5-9-12)13-10-6-3-7-11-13;;/h2-11H,1H3,(H,16,17);2*1H2. The topological polar surface area (TPSA) is 37.3 Å². The highest BCUT2D eigenvalue weighted by Crippen LogP contribution is 2.31. The number of rotatable bonds is 3. The molecule has 0 spiro atoms. The fourth-order valence-corrected chi connectivity index (χ4v) is 1.96. The molecule has 0 aliphatic carbocycles. The van der Waals surface area contributed by atoms with E-state index in [0.29, 0.717) is 0 Å². The van der Waals surface area contributed by atoms with E-state index < -0.39 is 11.4 Å². The quantitative estimate of drug-likeness (QED) is 0.943. The molecular weight excluding hydrogens is 276 g/mol. The lowest BCUT2D eigenvalue weighted by atomic mass is 9.76. The molecule has 0 bridgehead atoms. The van der Waals surface area contributed by atoms with Crippen LogP contribution in [0.2, 0.25) is 0 Å². The van der Waals surface area contributed by atoms with Crippen LogP contribution in [-0.4, -0.2) is 11.1 Å². The van der Waals surface area contributed by atoms with Gasteiger partial charge in [-0.2, -0.15) is 27.0 Å². The molecule has 0 unspecified atom stereocenters. The third-order valence-electron chi connectivity index (χ3n) is 3.13. The van der Waals surface area contributed by atoms with Crippen LogP contribution in [0.5, 0.6) is 0 Å². The van der Waals surface area contributed by atoms with Crippen molar-refractivity contribution in [2.45, 2.75) is 12.3 Å². The first-order valence-electron chi connectivity index (χ1n) is 5.50. The predicted molar refractivity (Wildman–Crippen MR) is 87.7 cm³/mol. The molecule has 102 valence electrons. The van der Waals surface area contributed by atoms with E-state index in [-0.39, 0.29) is 27.0 Å². The van der Waals surface area contributed by atoms with E-state index in [9.17, 15) is 9.90 Å². The Hall–Kier alpha value is -1.39. The van der Waals surface area contributed by atoms with E-state index in [2.05, 4.69) is 0 Å². The van der Waals surface area contributed by atoms with Gasteiger partial charge in [-0.1, -0.05) is 60.7 Å². The second-order valence-corrected chi connectivity index (χ2v) is 4.16. The van der Waals surface area contributed by atoms with Gasteiger partial charge in [-0.05, 0) is 18.1 Å². The number of carboxylic acid groups (broad SMARTS) is 1. The monoisotopic (exact) mass is 294 g/mol. The van der Waals surface area contributed by atoms with Gasteiger partial charge in [0.15, 0.2) is 0 Å². The van der Waals surface area contributed by atoms with Crippen molar-refractivity contribution in [1.29, 1.82) is 0 Å². The summed E-state index contributed by atoms with van der Waals surface area (Å²) in [5.74, 6) is -0.838. The van der Waals surface area contributed by atoms with Crippen molar-refractivity contribution in [2.24, 2.45) is 0 Å². The largest absolute Gasteiger partial charge is 0.480 e. The van der Waals surface area contributed by atoms with Gasteiger partial charge in [0, 0.05) is 0 Å². The molecule has 1 N–H and O–H groups in total. The van der Waals surface area contributed by atoms with Gasteiger partial charge in [0.05, 0.1) is 0 Å². The van der Waals surface area contributed by atoms with Crippen LogP contribution < -0.4 is 0 Å². The first kappa shape index (κ1) is 17.6. The predicted octanol–water partition coefficient (Wildman–Crippen LogP) is 3.30. The summed E-state index contributed by atoms with van der Waals surface area (Å²) in [6.45, 7) is 1.74. The fourth-order valence-electron chi connectivity index (χ4n) is 1.96. The van der Waals surface area contributed by atoms with E-state index >= 15 is 0 Å². The molecule has 2 rings (SSSR count). The molecule has 19 heavy (non-hydrogen) atoms. The SMILES string of the molecule is CC(C(=O)O)(c1ccccc1)c1ccccc1.S.S. The highest BCUT2D eigenvalue weighted by atomic mass is 32.1. The van der Waals surface area contributed by atoms with Crippen LogP contribution in [0, 0.1) is 0 Å². The Labute approximate surface area is 127 Å². The molecule has 0 aliphatic rings. The summed E-state index contributed by atoms with van der Waals surface area (Å²) in [4.78, 5) is 11.6. The van der Waals surface area contributed by atoms with Gasteiger partial charge in [-0.25, -0.2) is 0 Å². The molecule has 2 aromatic carbocycles. The van der Waals surface area contributed by atoms with E-state index in [1.807, 2.05) is 60.7 Å². The summed E-state index contributed by atoms with van der Waals surface area (Å²) < 4.78 is 0. The third kappa shape index (κ3) is 3.33. The van der Waals surface area contributed by atoms with E-state index in [0.717, 1.165) is 11.1 Å². The molecule has 0 atom stereocenters.